The van der Waals surface area contributed by atoms with Gasteiger partial charge in [-0.3, -0.25) is 0 Å². The van der Waals surface area contributed by atoms with Crippen LogP contribution in [0.1, 0.15) is 0 Å². The second-order valence-electron chi connectivity index (χ2n) is 1.32. The molecule has 0 saturated carbocycles. The van der Waals surface area contributed by atoms with Crippen LogP contribution in [0.3, 0.4) is 0 Å². The van der Waals surface area contributed by atoms with E-state index in [0.717, 1.165) is 5.54 Å². The quantitative estimate of drug-likeness (QED) is 0.523. The van der Waals surface area contributed by atoms with E-state index >= 15 is 0 Å². The minimum Gasteiger partial charge on any atom is -0.459 e. The molecule has 0 saturated heterocycles. The molecule has 0 aliphatic heterocycles. The van der Waals surface area contributed by atoms with Gasteiger partial charge in [0.1, 0.15) is 11.6 Å². The average molecular weight is 185 g/mol. The van der Waals surface area contributed by atoms with E-state index in [1.807, 2.05) is 0 Å². The van der Waals surface area contributed by atoms with E-state index in [2.05, 4.69) is 4.74 Å². The summed E-state index contributed by atoms with van der Waals surface area (Å²) in [6.45, 7) is -0.294. The SMILES string of the molecule is O=C(OCCO)/C(Cl)=C/Cl. The number of aliphatic hydroxyl groups is 1. The molecule has 0 aliphatic carbocycles. The van der Waals surface area contributed by atoms with Crippen LogP contribution < -0.4 is 0 Å². The summed E-state index contributed by atoms with van der Waals surface area (Å²) in [4.78, 5) is 10.5. The maximum Gasteiger partial charge on any atom is 0.350 e. The highest BCUT2D eigenvalue weighted by Gasteiger charge is 2.05. The van der Waals surface area contributed by atoms with Crippen LogP contribution in [0.5, 0.6) is 0 Å². The van der Waals surface area contributed by atoms with Crippen molar-refractivity contribution in [2.75, 3.05) is 13.2 Å². The minimum absolute atomic E-state index is 0.0697. The number of carbonyl (C=O) groups is 1. The van der Waals surface area contributed by atoms with Crippen molar-refractivity contribution >= 4 is 29.2 Å². The van der Waals surface area contributed by atoms with Crippen molar-refractivity contribution in [3.63, 3.8) is 0 Å². The zero-order valence-electron chi connectivity index (χ0n) is 5.01. The molecule has 0 heterocycles. The fraction of sp³-hybridized carbons (Fsp3) is 0.400. The van der Waals surface area contributed by atoms with Gasteiger partial charge in [-0.2, -0.15) is 0 Å². The van der Waals surface area contributed by atoms with Gasteiger partial charge in [-0.25, -0.2) is 4.79 Å². The molecule has 0 atom stereocenters. The molecule has 1 N–H and O–H groups in total. The molecule has 0 aromatic rings. The number of ether oxygens (including phenoxy) is 1. The molecular formula is C5H6Cl2O3. The van der Waals surface area contributed by atoms with Gasteiger partial charge < -0.3 is 9.84 Å². The Kier molecular flexibility index (Phi) is 5.39. The van der Waals surface area contributed by atoms with Crippen molar-refractivity contribution in [3.8, 4) is 0 Å². The first-order valence-electron chi connectivity index (χ1n) is 2.46. The molecule has 0 fully saturated rings. The third kappa shape index (κ3) is 3.71. The number of hydrogen-bond donors (Lipinski definition) is 1. The van der Waals surface area contributed by atoms with Crippen LogP contribution in [0.4, 0.5) is 0 Å². The standard InChI is InChI=1S/C5H6Cl2O3/c6-3-4(7)5(9)10-2-1-8/h3,8H,1-2H2/b4-3-. The summed E-state index contributed by atoms with van der Waals surface area (Å²) in [5.74, 6) is -0.731. The molecule has 0 radical (unpaired) electrons. The highest BCUT2D eigenvalue weighted by molar-refractivity contribution is 6.45. The van der Waals surface area contributed by atoms with E-state index in [1.165, 1.54) is 0 Å². The minimum atomic E-state index is -0.731. The maximum absolute atomic E-state index is 10.5. The smallest absolute Gasteiger partial charge is 0.350 e. The molecule has 0 spiro atoms. The van der Waals surface area contributed by atoms with E-state index < -0.39 is 5.97 Å². The number of halogens is 2. The first-order chi connectivity index (χ1) is 4.72. The zero-order valence-corrected chi connectivity index (χ0v) is 6.52. The molecule has 0 bridgehead atoms. The lowest BCUT2D eigenvalue weighted by Gasteiger charge is -1.98. The molecule has 0 aliphatic rings. The number of hydrogen-bond acceptors (Lipinski definition) is 3. The normalized spacial score (nSPS) is 11.3. The van der Waals surface area contributed by atoms with E-state index in [-0.39, 0.29) is 18.2 Å². The topological polar surface area (TPSA) is 46.5 Å². The lowest BCUT2D eigenvalue weighted by Crippen LogP contribution is -2.07. The predicted octanol–water partition coefficient (Wildman–Crippen LogP) is 0.841. The first-order valence-corrected chi connectivity index (χ1v) is 3.27. The van der Waals surface area contributed by atoms with E-state index in [0.29, 0.717) is 0 Å². The van der Waals surface area contributed by atoms with Crippen molar-refractivity contribution < 1.29 is 14.6 Å². The number of aliphatic hydroxyl groups excluding tert-OH is 1. The molecule has 0 aromatic heterocycles. The van der Waals surface area contributed by atoms with E-state index in [4.69, 9.17) is 28.3 Å². The molecule has 0 unspecified atom stereocenters. The van der Waals surface area contributed by atoms with E-state index in [9.17, 15) is 4.79 Å². The van der Waals surface area contributed by atoms with Crippen LogP contribution >= 0.6 is 23.2 Å². The molecule has 10 heavy (non-hydrogen) atoms. The first kappa shape index (κ1) is 9.75. The van der Waals surface area contributed by atoms with Crippen LogP contribution in [0, 0.1) is 0 Å². The maximum atomic E-state index is 10.5. The zero-order chi connectivity index (χ0) is 7.98. The third-order valence-corrected chi connectivity index (χ3v) is 1.21. The van der Waals surface area contributed by atoms with Gasteiger partial charge in [-0.05, 0) is 0 Å². The Labute approximate surface area is 68.2 Å². The largest absolute Gasteiger partial charge is 0.459 e. The lowest BCUT2D eigenvalue weighted by molar-refractivity contribution is -0.139. The Morgan fingerprint density at radius 3 is 2.70 bits per heavy atom. The van der Waals surface area contributed by atoms with E-state index in [1.54, 1.807) is 0 Å². The van der Waals surface area contributed by atoms with Gasteiger partial charge >= 0.3 is 5.97 Å². The van der Waals surface area contributed by atoms with Gasteiger partial charge in [-0.15, -0.1) is 0 Å². The van der Waals surface area contributed by atoms with Crippen LogP contribution in [0.15, 0.2) is 10.6 Å². The van der Waals surface area contributed by atoms with Crippen LogP contribution in [0.25, 0.3) is 0 Å². The Balaban J connectivity index is 3.63. The van der Waals surface area contributed by atoms with Gasteiger partial charge in [0.2, 0.25) is 0 Å². The van der Waals surface area contributed by atoms with Crippen LogP contribution in [-0.2, 0) is 9.53 Å². The Morgan fingerprint density at radius 1 is 1.70 bits per heavy atom. The van der Waals surface area contributed by atoms with Gasteiger partial charge in [0.15, 0.2) is 0 Å². The highest BCUT2D eigenvalue weighted by Crippen LogP contribution is 2.04. The van der Waals surface area contributed by atoms with Gasteiger partial charge in [-0.1, -0.05) is 23.2 Å². The Morgan fingerprint density at radius 2 is 2.30 bits per heavy atom. The third-order valence-electron chi connectivity index (χ3n) is 0.615. The van der Waals surface area contributed by atoms with Crippen molar-refractivity contribution in [2.24, 2.45) is 0 Å². The summed E-state index contributed by atoms with van der Waals surface area (Å²) in [5.41, 5.74) is 0.904. The summed E-state index contributed by atoms with van der Waals surface area (Å²) in [7, 11) is 0. The predicted molar refractivity (Wildman–Crippen MR) is 37.8 cm³/mol. The highest BCUT2D eigenvalue weighted by atomic mass is 35.5. The number of esters is 1. The summed E-state index contributed by atoms with van der Waals surface area (Å²) in [6.07, 6.45) is 0. The molecular weight excluding hydrogens is 179 g/mol. The van der Waals surface area contributed by atoms with Crippen LogP contribution in [0.2, 0.25) is 0 Å². The van der Waals surface area contributed by atoms with Crippen molar-refractivity contribution in [1.82, 2.24) is 0 Å². The summed E-state index contributed by atoms with van der Waals surface area (Å²) >= 11 is 10.3. The fourth-order valence-electron chi connectivity index (χ4n) is 0.252. The van der Waals surface area contributed by atoms with Gasteiger partial charge in [0.05, 0.1) is 6.61 Å². The molecule has 5 heteroatoms. The van der Waals surface area contributed by atoms with Crippen molar-refractivity contribution in [2.45, 2.75) is 0 Å². The molecule has 3 nitrogen and oxygen atoms in total. The second kappa shape index (κ2) is 5.53. The molecule has 0 amide bonds. The number of rotatable bonds is 3. The van der Waals surface area contributed by atoms with Gasteiger partial charge in [0, 0.05) is 5.54 Å². The summed E-state index contributed by atoms with van der Waals surface area (Å²) in [5, 5.41) is 8.00. The molecule has 0 rings (SSSR count). The average Bonchev–Trinajstić information content (AvgIpc) is 1.98. The van der Waals surface area contributed by atoms with Crippen molar-refractivity contribution in [1.29, 1.82) is 0 Å². The summed E-state index contributed by atoms with van der Waals surface area (Å²) < 4.78 is 4.37. The monoisotopic (exact) mass is 184 g/mol. The van der Waals surface area contributed by atoms with Crippen molar-refractivity contribution in [3.05, 3.63) is 10.6 Å². The van der Waals surface area contributed by atoms with Crippen LogP contribution in [-0.4, -0.2) is 24.3 Å². The second-order valence-corrected chi connectivity index (χ2v) is 1.94. The Hall–Kier alpha value is -0.250. The molecule has 0 aromatic carbocycles. The Bertz CT molecular complexity index is 144. The van der Waals surface area contributed by atoms with Gasteiger partial charge in [0.25, 0.3) is 0 Å². The summed E-state index contributed by atoms with van der Waals surface area (Å²) in [6, 6.07) is 0. The number of carbonyl (C=O) groups excluding carboxylic acids is 1. The fourth-order valence-corrected chi connectivity index (χ4v) is 0.395. The lowest BCUT2D eigenvalue weighted by atomic mass is 10.6. The molecule has 58 valence electrons.